The van der Waals surface area contributed by atoms with Gasteiger partial charge in [-0.15, -0.1) is 0 Å². The zero-order valence-electron chi connectivity index (χ0n) is 22.1. The average Bonchev–Trinajstić information content (AvgIpc) is 3.28. The topological polar surface area (TPSA) is 12.5 Å². The van der Waals surface area contributed by atoms with Crippen molar-refractivity contribution in [3.8, 4) is 0 Å². The highest BCUT2D eigenvalue weighted by atomic mass is 31.1. The third kappa shape index (κ3) is 3.89. The molecule has 2 bridgehead atoms. The molecule has 6 rings (SSSR count). The van der Waals surface area contributed by atoms with E-state index in [0.29, 0.717) is 16.9 Å². The van der Waals surface area contributed by atoms with Crippen LogP contribution in [0.15, 0.2) is 84.9 Å². The number of fused-ring (bicyclic) bond motifs is 1. The van der Waals surface area contributed by atoms with E-state index in [1.807, 2.05) is 0 Å². The quantitative estimate of drug-likeness (QED) is 0.334. The fourth-order valence-corrected chi connectivity index (χ4v) is 10.0. The van der Waals surface area contributed by atoms with Crippen molar-refractivity contribution in [2.75, 3.05) is 13.1 Å². The van der Waals surface area contributed by atoms with Crippen molar-refractivity contribution >= 4 is 23.8 Å². The highest BCUT2D eigenvalue weighted by Gasteiger charge is 2.67. The van der Waals surface area contributed by atoms with Crippen molar-refractivity contribution in [2.24, 2.45) is 16.7 Å². The lowest BCUT2D eigenvalue weighted by atomic mass is 9.67. The van der Waals surface area contributed by atoms with E-state index in [9.17, 15) is 0 Å². The van der Waals surface area contributed by atoms with Gasteiger partial charge in [0.1, 0.15) is 6.23 Å². The molecular weight excluding hydrogens is 457 g/mol. The van der Waals surface area contributed by atoms with E-state index < -0.39 is 7.92 Å². The summed E-state index contributed by atoms with van der Waals surface area (Å²) >= 11 is 0. The van der Waals surface area contributed by atoms with Gasteiger partial charge >= 0.3 is 0 Å². The predicted molar refractivity (Wildman–Crippen MR) is 153 cm³/mol. The van der Waals surface area contributed by atoms with Crippen LogP contribution in [0, 0.1) is 16.7 Å². The number of hydrogen-bond acceptors (Lipinski definition) is 2. The Labute approximate surface area is 218 Å². The maximum Gasteiger partial charge on any atom is 0.137 e. The Hall–Kier alpha value is -1.99. The van der Waals surface area contributed by atoms with Crippen molar-refractivity contribution in [3.63, 3.8) is 0 Å². The molecule has 0 unspecified atom stereocenters. The first-order chi connectivity index (χ1) is 17.5. The van der Waals surface area contributed by atoms with Gasteiger partial charge in [0.05, 0.1) is 6.10 Å². The molecule has 188 valence electrons. The summed E-state index contributed by atoms with van der Waals surface area (Å²) in [4.78, 5) is 2.72. The molecule has 0 aromatic heterocycles. The molecule has 1 aliphatic heterocycles. The van der Waals surface area contributed by atoms with Crippen LogP contribution in [0.2, 0.25) is 0 Å². The summed E-state index contributed by atoms with van der Waals surface area (Å²) in [6, 6.07) is 31.4. The molecular formula is C33H40NOP. The SMILES string of the molecule is CCCCN1C[C@]23CC[C@H](C[C@H]2O[C@H]1c1ccccc1P(c1ccccc1)c1ccccc1)C3(C)C. The van der Waals surface area contributed by atoms with E-state index >= 15 is 0 Å². The van der Waals surface area contributed by atoms with E-state index in [-0.39, 0.29) is 6.23 Å². The third-order valence-electron chi connectivity index (χ3n) is 9.74. The van der Waals surface area contributed by atoms with Crippen LogP contribution < -0.4 is 15.9 Å². The molecule has 3 aromatic carbocycles. The Morgan fingerprint density at radius 1 is 0.889 bits per heavy atom. The van der Waals surface area contributed by atoms with Gasteiger partial charge in [0.15, 0.2) is 0 Å². The minimum Gasteiger partial charge on any atom is -0.355 e. The van der Waals surface area contributed by atoms with Crippen molar-refractivity contribution in [3.05, 3.63) is 90.5 Å². The molecule has 0 N–H and O–H groups in total. The Kier molecular flexibility index (Phi) is 6.57. The number of rotatable bonds is 7. The lowest BCUT2D eigenvalue weighted by Gasteiger charge is -2.53. The number of ether oxygens (including phenoxy) is 1. The van der Waals surface area contributed by atoms with E-state index in [1.165, 1.54) is 60.1 Å². The second-order valence-corrected chi connectivity index (χ2v) is 13.9. The normalized spacial score (nSPS) is 28.9. The summed E-state index contributed by atoms with van der Waals surface area (Å²) in [5.74, 6) is 0.801. The fourth-order valence-electron chi connectivity index (χ4n) is 7.56. The summed E-state index contributed by atoms with van der Waals surface area (Å²) in [6.45, 7) is 9.66. The van der Waals surface area contributed by atoms with E-state index in [4.69, 9.17) is 4.74 Å². The molecule has 4 atom stereocenters. The van der Waals surface area contributed by atoms with Crippen LogP contribution in [0.5, 0.6) is 0 Å². The smallest absolute Gasteiger partial charge is 0.137 e. The van der Waals surface area contributed by atoms with Crippen LogP contribution in [-0.4, -0.2) is 24.1 Å². The maximum absolute atomic E-state index is 7.27. The van der Waals surface area contributed by atoms with Gasteiger partial charge in [-0.2, -0.15) is 0 Å². The van der Waals surface area contributed by atoms with Crippen molar-refractivity contribution in [1.82, 2.24) is 4.90 Å². The Balaban J connectivity index is 1.44. The molecule has 1 spiro atoms. The van der Waals surface area contributed by atoms with Crippen LogP contribution in [-0.2, 0) is 4.74 Å². The predicted octanol–water partition coefficient (Wildman–Crippen LogP) is 6.77. The molecule has 1 heterocycles. The lowest BCUT2D eigenvalue weighted by Crippen LogP contribution is -2.56. The molecule has 2 aliphatic carbocycles. The summed E-state index contributed by atoms with van der Waals surface area (Å²) < 4.78 is 7.27. The highest BCUT2D eigenvalue weighted by Crippen LogP contribution is 2.68. The molecule has 3 aromatic rings. The van der Waals surface area contributed by atoms with Crippen LogP contribution >= 0.6 is 7.92 Å². The second-order valence-electron chi connectivity index (χ2n) is 11.7. The van der Waals surface area contributed by atoms with E-state index in [1.54, 1.807) is 0 Å². The summed E-state index contributed by atoms with van der Waals surface area (Å²) in [6.07, 6.45) is 6.79. The molecule has 0 amide bonds. The van der Waals surface area contributed by atoms with Gasteiger partial charge in [0.25, 0.3) is 0 Å². The number of nitrogens with zero attached hydrogens (tertiary/aromatic N) is 1. The second kappa shape index (κ2) is 9.71. The van der Waals surface area contributed by atoms with Gasteiger partial charge in [0.2, 0.25) is 0 Å². The summed E-state index contributed by atoms with van der Waals surface area (Å²) in [5.41, 5.74) is 2.05. The largest absolute Gasteiger partial charge is 0.355 e. The van der Waals surface area contributed by atoms with Crippen molar-refractivity contribution < 1.29 is 4.74 Å². The van der Waals surface area contributed by atoms with Gasteiger partial charge < -0.3 is 4.74 Å². The van der Waals surface area contributed by atoms with E-state index in [2.05, 4.69) is 111 Å². The van der Waals surface area contributed by atoms with Crippen LogP contribution in [0.1, 0.15) is 64.7 Å². The molecule has 36 heavy (non-hydrogen) atoms. The molecule has 2 nitrogen and oxygen atoms in total. The molecule has 3 fully saturated rings. The Morgan fingerprint density at radius 2 is 1.53 bits per heavy atom. The third-order valence-corrected chi connectivity index (χ3v) is 12.3. The minimum atomic E-state index is -0.671. The average molecular weight is 498 g/mol. The Bertz CT molecular complexity index is 1140. The Morgan fingerprint density at radius 3 is 2.17 bits per heavy atom. The van der Waals surface area contributed by atoms with Crippen LogP contribution in [0.3, 0.4) is 0 Å². The first-order valence-corrected chi connectivity index (χ1v) is 15.3. The zero-order valence-corrected chi connectivity index (χ0v) is 23.0. The van der Waals surface area contributed by atoms with Gasteiger partial charge in [-0.3, -0.25) is 4.90 Å². The van der Waals surface area contributed by atoms with Crippen molar-refractivity contribution in [1.29, 1.82) is 0 Å². The van der Waals surface area contributed by atoms with Gasteiger partial charge in [-0.1, -0.05) is 112 Å². The van der Waals surface area contributed by atoms with Crippen molar-refractivity contribution in [2.45, 2.75) is 65.2 Å². The maximum atomic E-state index is 7.27. The van der Waals surface area contributed by atoms with Gasteiger partial charge in [-0.25, -0.2) is 0 Å². The number of hydrogen-bond donors (Lipinski definition) is 0. The fraction of sp³-hybridized carbons (Fsp3) is 0.455. The van der Waals surface area contributed by atoms with Gasteiger partial charge in [-0.05, 0) is 60.9 Å². The highest BCUT2D eigenvalue weighted by molar-refractivity contribution is 7.79. The lowest BCUT2D eigenvalue weighted by molar-refractivity contribution is -0.213. The first-order valence-electron chi connectivity index (χ1n) is 13.9. The standard InChI is InChI=1S/C33H40NOP/c1-4-5-22-34-24-33-21-20-25(32(33,2)3)23-30(33)35-31(34)28-18-12-13-19-29(28)36(26-14-8-6-9-15-26)27-16-10-7-11-17-27/h6-19,25,30-31H,4-5,20-24H2,1-3H3/t25-,30-,31+,33-/m1/s1. The first kappa shape index (κ1) is 24.4. The summed E-state index contributed by atoms with van der Waals surface area (Å²) in [7, 11) is -0.671. The molecule has 1 saturated heterocycles. The summed E-state index contributed by atoms with van der Waals surface area (Å²) in [5, 5.41) is 4.24. The van der Waals surface area contributed by atoms with Crippen LogP contribution in [0.4, 0.5) is 0 Å². The number of unbranched alkanes of at least 4 members (excludes halogenated alkanes) is 1. The van der Waals surface area contributed by atoms with Gasteiger partial charge in [0, 0.05) is 24.1 Å². The van der Waals surface area contributed by atoms with E-state index in [0.717, 1.165) is 12.5 Å². The molecule has 0 radical (unpaired) electrons. The molecule has 3 heteroatoms. The van der Waals surface area contributed by atoms with Crippen LogP contribution in [0.25, 0.3) is 0 Å². The number of benzene rings is 3. The zero-order chi connectivity index (χ0) is 24.8. The minimum absolute atomic E-state index is 0.0379. The molecule has 2 saturated carbocycles. The monoisotopic (exact) mass is 497 g/mol. The molecule has 3 aliphatic rings.